The topological polar surface area (TPSA) is 90.6 Å². The molecule has 0 bridgehead atoms. The Hall–Kier alpha value is -3.67. The van der Waals surface area contributed by atoms with Gasteiger partial charge in [-0.3, -0.25) is 0 Å². The van der Waals surface area contributed by atoms with Gasteiger partial charge in [-0.1, -0.05) is 22.8 Å². The summed E-state index contributed by atoms with van der Waals surface area (Å²) in [5.74, 6) is -1.28. The lowest BCUT2D eigenvalue weighted by Gasteiger charge is -2.18. The standard InChI is InChI=1S/C23H20ClF4N5O3/c1-3-35-21(34)22(2)10-18(32-36-22)17-9-19(23(26,27)28)33(31-17)20-8-7-13(11-30-20)29-12-14-15(24)5-4-6-16(14)25/h4-9,11,29H,3,10,12H2,1-2H3. The third kappa shape index (κ3) is 5.13. The molecule has 8 nitrogen and oxygen atoms in total. The van der Waals surface area contributed by atoms with Crippen LogP contribution in [0.5, 0.6) is 0 Å². The van der Waals surface area contributed by atoms with E-state index in [4.69, 9.17) is 21.2 Å². The second-order valence-electron chi connectivity index (χ2n) is 8.04. The molecule has 0 amide bonds. The zero-order valence-corrected chi connectivity index (χ0v) is 19.8. The van der Waals surface area contributed by atoms with Gasteiger partial charge in [0.1, 0.15) is 17.2 Å². The lowest BCUT2D eigenvalue weighted by molar-refractivity contribution is -0.166. The summed E-state index contributed by atoms with van der Waals surface area (Å²) >= 11 is 6.01. The van der Waals surface area contributed by atoms with E-state index in [1.165, 1.54) is 37.4 Å². The van der Waals surface area contributed by atoms with E-state index in [-0.39, 0.29) is 47.4 Å². The predicted molar refractivity (Wildman–Crippen MR) is 122 cm³/mol. The highest BCUT2D eigenvalue weighted by Gasteiger charge is 2.45. The normalized spacial score (nSPS) is 17.5. The smallest absolute Gasteiger partial charge is 0.433 e. The number of anilines is 1. The Labute approximate surface area is 207 Å². The van der Waals surface area contributed by atoms with Gasteiger partial charge in [-0.25, -0.2) is 18.9 Å². The van der Waals surface area contributed by atoms with Gasteiger partial charge in [-0.2, -0.15) is 18.3 Å². The molecule has 3 heterocycles. The quantitative estimate of drug-likeness (QED) is 0.339. The molecule has 0 saturated carbocycles. The summed E-state index contributed by atoms with van der Waals surface area (Å²) in [6.07, 6.45) is -3.58. The summed E-state index contributed by atoms with van der Waals surface area (Å²) < 4.78 is 60.9. The predicted octanol–water partition coefficient (Wildman–Crippen LogP) is 5.14. The Morgan fingerprint density at radius 1 is 1.31 bits per heavy atom. The van der Waals surface area contributed by atoms with Crippen molar-refractivity contribution in [3.8, 4) is 5.82 Å². The van der Waals surface area contributed by atoms with E-state index in [2.05, 4.69) is 20.6 Å². The molecule has 0 spiro atoms. The van der Waals surface area contributed by atoms with Gasteiger partial charge in [0.15, 0.2) is 11.5 Å². The van der Waals surface area contributed by atoms with Crippen LogP contribution in [-0.2, 0) is 27.1 Å². The van der Waals surface area contributed by atoms with Gasteiger partial charge in [0.2, 0.25) is 5.60 Å². The van der Waals surface area contributed by atoms with Crippen molar-refractivity contribution in [2.24, 2.45) is 5.16 Å². The zero-order chi connectivity index (χ0) is 26.1. The van der Waals surface area contributed by atoms with Gasteiger partial charge in [-0.05, 0) is 44.2 Å². The van der Waals surface area contributed by atoms with Crippen LogP contribution in [0.2, 0.25) is 5.02 Å². The first-order chi connectivity index (χ1) is 17.0. The van der Waals surface area contributed by atoms with Crippen LogP contribution >= 0.6 is 11.6 Å². The average molecular weight is 526 g/mol. The number of alkyl halides is 3. The summed E-state index contributed by atoms with van der Waals surface area (Å²) in [5, 5.41) is 11.0. The number of oxime groups is 1. The second-order valence-corrected chi connectivity index (χ2v) is 8.45. The lowest BCUT2D eigenvalue weighted by atomic mass is 9.98. The summed E-state index contributed by atoms with van der Waals surface area (Å²) in [7, 11) is 0. The van der Waals surface area contributed by atoms with Gasteiger partial charge in [-0.15, -0.1) is 0 Å². The number of nitrogens with one attached hydrogen (secondary N) is 1. The number of halogens is 5. The highest BCUT2D eigenvalue weighted by molar-refractivity contribution is 6.31. The van der Waals surface area contributed by atoms with Crippen LogP contribution < -0.4 is 5.32 Å². The lowest BCUT2D eigenvalue weighted by Crippen LogP contribution is -2.37. The van der Waals surface area contributed by atoms with Crippen LogP contribution in [0.4, 0.5) is 23.2 Å². The van der Waals surface area contributed by atoms with Crippen molar-refractivity contribution in [3.63, 3.8) is 0 Å². The molecule has 190 valence electrons. The minimum Gasteiger partial charge on any atom is -0.463 e. The Kier molecular flexibility index (Phi) is 6.90. The number of hydrogen-bond acceptors (Lipinski definition) is 7. The number of hydrogen-bond donors (Lipinski definition) is 1. The maximum absolute atomic E-state index is 14.0. The Morgan fingerprint density at radius 3 is 2.72 bits per heavy atom. The molecule has 1 aliphatic rings. The third-order valence-electron chi connectivity index (χ3n) is 5.36. The van der Waals surface area contributed by atoms with Crippen LogP contribution in [0.15, 0.2) is 47.8 Å². The first-order valence-corrected chi connectivity index (χ1v) is 11.1. The molecule has 1 aliphatic heterocycles. The van der Waals surface area contributed by atoms with Gasteiger partial charge in [0.25, 0.3) is 0 Å². The van der Waals surface area contributed by atoms with Crippen LogP contribution in [0, 0.1) is 5.82 Å². The monoisotopic (exact) mass is 525 g/mol. The Morgan fingerprint density at radius 2 is 2.08 bits per heavy atom. The van der Waals surface area contributed by atoms with E-state index < -0.39 is 29.3 Å². The molecule has 36 heavy (non-hydrogen) atoms. The molecule has 0 aliphatic carbocycles. The number of esters is 1. The van der Waals surface area contributed by atoms with E-state index in [0.717, 1.165) is 6.07 Å². The number of carbonyl (C=O) groups excluding carboxylic acids is 1. The van der Waals surface area contributed by atoms with Crippen LogP contribution in [0.3, 0.4) is 0 Å². The van der Waals surface area contributed by atoms with Crippen molar-refractivity contribution in [1.29, 1.82) is 0 Å². The maximum atomic E-state index is 14.0. The molecule has 1 unspecified atom stereocenters. The Balaban J connectivity index is 1.56. The van der Waals surface area contributed by atoms with Crippen molar-refractivity contribution in [2.45, 2.75) is 38.6 Å². The van der Waals surface area contributed by atoms with Crippen LogP contribution in [-0.4, -0.2) is 38.7 Å². The van der Waals surface area contributed by atoms with E-state index in [1.807, 2.05) is 0 Å². The van der Waals surface area contributed by atoms with E-state index in [9.17, 15) is 22.4 Å². The molecular formula is C23H20ClF4N5O3. The van der Waals surface area contributed by atoms with Gasteiger partial charge in [0.05, 0.1) is 18.5 Å². The molecular weight excluding hydrogens is 506 g/mol. The summed E-state index contributed by atoms with van der Waals surface area (Å²) in [6.45, 7) is 3.22. The van der Waals surface area contributed by atoms with Crippen LogP contribution in [0.1, 0.15) is 37.2 Å². The minimum atomic E-state index is -4.75. The molecule has 1 N–H and O–H groups in total. The molecule has 0 radical (unpaired) electrons. The maximum Gasteiger partial charge on any atom is 0.433 e. The van der Waals surface area contributed by atoms with Crippen molar-refractivity contribution in [1.82, 2.24) is 14.8 Å². The minimum absolute atomic E-state index is 0.0469. The molecule has 0 saturated heterocycles. The number of rotatable bonds is 7. The van der Waals surface area contributed by atoms with Gasteiger partial charge < -0.3 is 14.9 Å². The third-order valence-corrected chi connectivity index (χ3v) is 5.71. The number of ether oxygens (including phenoxy) is 1. The first kappa shape index (κ1) is 25.4. The average Bonchev–Trinajstić information content (AvgIpc) is 3.45. The van der Waals surface area contributed by atoms with Gasteiger partial charge >= 0.3 is 12.1 Å². The molecule has 2 aromatic heterocycles. The highest BCUT2D eigenvalue weighted by Crippen LogP contribution is 2.34. The van der Waals surface area contributed by atoms with Crippen molar-refractivity contribution in [3.05, 3.63) is 70.4 Å². The highest BCUT2D eigenvalue weighted by atomic mass is 35.5. The number of pyridine rings is 1. The van der Waals surface area contributed by atoms with E-state index in [0.29, 0.717) is 10.4 Å². The van der Waals surface area contributed by atoms with Gasteiger partial charge in [0, 0.05) is 23.6 Å². The van der Waals surface area contributed by atoms with Crippen molar-refractivity contribution < 1.29 is 31.9 Å². The molecule has 4 rings (SSSR count). The largest absolute Gasteiger partial charge is 0.463 e. The van der Waals surface area contributed by atoms with E-state index >= 15 is 0 Å². The number of nitrogens with zero attached hydrogens (tertiary/aromatic N) is 4. The summed E-state index contributed by atoms with van der Waals surface area (Å²) in [6, 6.07) is 7.92. The SMILES string of the molecule is CCOC(=O)C1(C)CC(c2cc(C(F)(F)F)n(-c3ccc(NCc4c(F)cccc4Cl)cn3)n2)=NO1. The number of benzene rings is 1. The molecule has 13 heteroatoms. The molecule has 3 aromatic rings. The molecule has 1 aromatic carbocycles. The number of carbonyl (C=O) groups is 1. The number of aromatic nitrogens is 3. The van der Waals surface area contributed by atoms with E-state index in [1.54, 1.807) is 13.0 Å². The van der Waals surface area contributed by atoms with Crippen molar-refractivity contribution in [2.75, 3.05) is 11.9 Å². The fraction of sp³-hybridized carbons (Fsp3) is 0.304. The fourth-order valence-electron chi connectivity index (χ4n) is 3.48. The summed E-state index contributed by atoms with van der Waals surface area (Å²) in [4.78, 5) is 21.4. The summed E-state index contributed by atoms with van der Waals surface area (Å²) in [5.41, 5.74) is -1.92. The second kappa shape index (κ2) is 9.76. The van der Waals surface area contributed by atoms with Crippen molar-refractivity contribution >= 4 is 29.0 Å². The molecule has 0 fully saturated rings. The van der Waals surface area contributed by atoms with Crippen LogP contribution in [0.25, 0.3) is 5.82 Å². The Bertz CT molecular complexity index is 1290. The fourth-order valence-corrected chi connectivity index (χ4v) is 3.71. The first-order valence-electron chi connectivity index (χ1n) is 10.7. The zero-order valence-electron chi connectivity index (χ0n) is 19.1. The molecule has 1 atom stereocenters.